The fraction of sp³-hybridized carbons (Fsp3) is 0.907. The van der Waals surface area contributed by atoms with Crippen LogP contribution in [0.4, 0.5) is 4.79 Å². The minimum absolute atomic E-state index is 0.0550. The van der Waals surface area contributed by atoms with Crippen molar-refractivity contribution in [3.8, 4) is 0 Å². The molecule has 0 aromatic carbocycles. The summed E-state index contributed by atoms with van der Waals surface area (Å²) in [7, 11) is 0. The lowest BCUT2D eigenvalue weighted by molar-refractivity contribution is -0.146. The highest BCUT2D eigenvalue weighted by molar-refractivity contribution is 5.76. The SMILES string of the molecule is CCCCCCC(CCCCCC)COC(=O)CCCCCCNC(=O)CCN(CCNC(=O)OC(C)(C)C)CCC(=O)NCCCCCC(=O)OCC(CCCCCC)CCCCCC. The third-order valence-electron chi connectivity index (χ3n) is 12.2. The van der Waals surface area contributed by atoms with Crippen molar-refractivity contribution in [3.05, 3.63) is 0 Å². The molecule has 0 aliphatic rings. The minimum atomic E-state index is -0.608. The molecule has 388 valence electrons. The van der Waals surface area contributed by atoms with Gasteiger partial charge in [-0.05, 0) is 84.0 Å². The van der Waals surface area contributed by atoms with E-state index in [2.05, 4.69) is 43.6 Å². The van der Waals surface area contributed by atoms with Crippen molar-refractivity contribution in [2.45, 2.75) is 253 Å². The van der Waals surface area contributed by atoms with Crippen molar-refractivity contribution in [3.63, 3.8) is 0 Å². The number of nitrogens with one attached hydrogen (secondary N) is 3. The average molecular weight is 937 g/mol. The lowest BCUT2D eigenvalue weighted by Gasteiger charge is -2.23. The van der Waals surface area contributed by atoms with Crippen LogP contribution in [0.25, 0.3) is 0 Å². The molecule has 0 rings (SSSR count). The van der Waals surface area contributed by atoms with E-state index < -0.39 is 11.7 Å². The average Bonchev–Trinajstić information content (AvgIpc) is 3.27. The number of alkyl carbamates (subject to hydrolysis) is 1. The summed E-state index contributed by atoms with van der Waals surface area (Å²) in [6, 6.07) is 0. The zero-order chi connectivity index (χ0) is 48.9. The van der Waals surface area contributed by atoms with Gasteiger partial charge in [-0.2, -0.15) is 0 Å². The first-order valence-corrected chi connectivity index (χ1v) is 27.4. The number of unbranched alkanes of at least 4 members (excludes halogenated alkanes) is 17. The minimum Gasteiger partial charge on any atom is -0.465 e. The predicted octanol–water partition coefficient (Wildman–Crippen LogP) is 12.5. The van der Waals surface area contributed by atoms with Crippen LogP contribution < -0.4 is 16.0 Å². The van der Waals surface area contributed by atoms with E-state index in [-0.39, 0.29) is 36.6 Å². The lowest BCUT2D eigenvalue weighted by Crippen LogP contribution is -2.40. The molecule has 3 N–H and O–H groups in total. The summed E-state index contributed by atoms with van der Waals surface area (Å²) in [5.41, 5.74) is -0.608. The van der Waals surface area contributed by atoms with Crippen molar-refractivity contribution in [2.75, 3.05) is 52.5 Å². The number of hydrogen-bond donors (Lipinski definition) is 3. The van der Waals surface area contributed by atoms with Crippen molar-refractivity contribution in [1.29, 1.82) is 0 Å². The second-order valence-electron chi connectivity index (χ2n) is 19.9. The van der Waals surface area contributed by atoms with Gasteiger partial charge in [0.05, 0.1) is 13.2 Å². The molecule has 12 nitrogen and oxygen atoms in total. The molecule has 0 aliphatic heterocycles. The summed E-state index contributed by atoms with van der Waals surface area (Å²) in [6.07, 6.45) is 31.1. The van der Waals surface area contributed by atoms with Gasteiger partial charge < -0.3 is 35.1 Å². The van der Waals surface area contributed by atoms with Gasteiger partial charge in [-0.25, -0.2) is 4.79 Å². The highest BCUT2D eigenvalue weighted by Gasteiger charge is 2.18. The largest absolute Gasteiger partial charge is 0.465 e. The first-order valence-electron chi connectivity index (χ1n) is 27.4. The third kappa shape index (κ3) is 43.7. The Morgan fingerprint density at radius 1 is 0.424 bits per heavy atom. The third-order valence-corrected chi connectivity index (χ3v) is 12.2. The van der Waals surface area contributed by atoms with Gasteiger partial charge >= 0.3 is 18.0 Å². The molecule has 0 spiro atoms. The second kappa shape index (κ2) is 44.6. The Morgan fingerprint density at radius 2 is 0.788 bits per heavy atom. The van der Waals surface area contributed by atoms with Crippen LogP contribution in [0.3, 0.4) is 0 Å². The van der Waals surface area contributed by atoms with Crippen LogP contribution in [0, 0.1) is 11.8 Å². The van der Waals surface area contributed by atoms with Gasteiger partial charge in [-0.1, -0.05) is 150 Å². The summed E-state index contributed by atoms with van der Waals surface area (Å²) < 4.78 is 16.8. The van der Waals surface area contributed by atoms with E-state index in [0.717, 1.165) is 70.6 Å². The van der Waals surface area contributed by atoms with Crippen molar-refractivity contribution in [2.24, 2.45) is 11.8 Å². The van der Waals surface area contributed by atoms with Crippen LogP contribution in [0.15, 0.2) is 0 Å². The quantitative estimate of drug-likeness (QED) is 0.0308. The van der Waals surface area contributed by atoms with Gasteiger partial charge in [0.25, 0.3) is 0 Å². The Hall–Kier alpha value is -2.89. The first-order chi connectivity index (χ1) is 31.8. The number of rotatable bonds is 46. The Morgan fingerprint density at radius 3 is 1.17 bits per heavy atom. The number of carbonyl (C=O) groups is 5. The molecule has 0 bridgehead atoms. The number of carbonyl (C=O) groups excluding carboxylic acids is 5. The van der Waals surface area contributed by atoms with Crippen LogP contribution in [0.1, 0.15) is 248 Å². The molecule has 66 heavy (non-hydrogen) atoms. The topological polar surface area (TPSA) is 152 Å². The Bertz CT molecular complexity index is 1170. The summed E-state index contributed by atoms with van der Waals surface area (Å²) in [5.74, 6) is 0.598. The van der Waals surface area contributed by atoms with Gasteiger partial charge in [-0.3, -0.25) is 19.2 Å². The van der Waals surface area contributed by atoms with Gasteiger partial charge in [-0.15, -0.1) is 0 Å². The van der Waals surface area contributed by atoms with Crippen LogP contribution >= 0.6 is 0 Å². The molecule has 0 aromatic rings. The number of hydrogen-bond acceptors (Lipinski definition) is 9. The lowest BCUT2D eigenvalue weighted by atomic mass is 9.95. The van der Waals surface area contributed by atoms with Gasteiger partial charge in [0.2, 0.25) is 11.8 Å². The van der Waals surface area contributed by atoms with Crippen LogP contribution in [0.2, 0.25) is 0 Å². The molecule has 3 amide bonds. The number of amides is 3. The molecule has 0 unspecified atom stereocenters. The smallest absolute Gasteiger partial charge is 0.407 e. The molecule has 0 radical (unpaired) electrons. The van der Waals surface area contributed by atoms with Gasteiger partial charge in [0, 0.05) is 65.0 Å². The molecular weight excluding hydrogens is 833 g/mol. The van der Waals surface area contributed by atoms with Crippen LogP contribution in [-0.2, 0) is 33.4 Å². The summed E-state index contributed by atoms with van der Waals surface area (Å²) in [6.45, 7) is 18.2. The predicted molar refractivity (Wildman–Crippen MR) is 271 cm³/mol. The molecular formula is C54H104N4O8. The number of ether oxygens (including phenoxy) is 3. The summed E-state index contributed by atoms with van der Waals surface area (Å²) in [4.78, 5) is 64.8. The van der Waals surface area contributed by atoms with Crippen molar-refractivity contribution < 1.29 is 38.2 Å². The van der Waals surface area contributed by atoms with Crippen molar-refractivity contribution >= 4 is 29.8 Å². The van der Waals surface area contributed by atoms with Crippen molar-refractivity contribution in [1.82, 2.24) is 20.9 Å². The van der Waals surface area contributed by atoms with E-state index in [4.69, 9.17) is 14.2 Å². The Labute approximate surface area is 405 Å². The molecule has 0 saturated carbocycles. The zero-order valence-electron chi connectivity index (χ0n) is 43.9. The molecule has 0 aliphatic carbocycles. The Kier molecular flexibility index (Phi) is 42.7. The van der Waals surface area contributed by atoms with Crippen LogP contribution in [0.5, 0.6) is 0 Å². The standard InChI is InChI=1S/C54H104N4O8/c1-8-12-16-23-31-47(32-24-17-13-9-2)45-64-51(61)35-27-20-21-29-39-55-49(59)37-42-58(44-41-57-53(63)66-54(5,6)7)43-38-50(60)56-40-30-22-28-36-52(62)65-46-48(33-25-18-14-10-3)34-26-19-15-11-4/h47-48H,8-46H2,1-7H3,(H,55,59)(H,56,60)(H,57,63). The second-order valence-corrected chi connectivity index (χ2v) is 19.9. The maximum Gasteiger partial charge on any atom is 0.407 e. The monoisotopic (exact) mass is 937 g/mol. The van der Waals surface area contributed by atoms with E-state index in [1.807, 2.05) is 25.7 Å². The van der Waals surface area contributed by atoms with E-state index in [0.29, 0.717) is 77.2 Å². The van der Waals surface area contributed by atoms with E-state index >= 15 is 0 Å². The fourth-order valence-corrected chi connectivity index (χ4v) is 8.06. The number of esters is 2. The van der Waals surface area contributed by atoms with Crippen LogP contribution in [-0.4, -0.2) is 92.8 Å². The highest BCUT2D eigenvalue weighted by atomic mass is 16.6. The summed E-state index contributed by atoms with van der Waals surface area (Å²) in [5, 5.41) is 8.79. The molecule has 0 aromatic heterocycles. The highest BCUT2D eigenvalue weighted by Crippen LogP contribution is 2.21. The maximum atomic E-state index is 12.8. The first kappa shape index (κ1) is 63.1. The maximum absolute atomic E-state index is 12.8. The van der Waals surface area contributed by atoms with Gasteiger partial charge in [0.1, 0.15) is 5.60 Å². The Balaban J connectivity index is 4.56. The number of nitrogens with zero attached hydrogens (tertiary/aromatic N) is 1. The summed E-state index contributed by atoms with van der Waals surface area (Å²) >= 11 is 0. The van der Waals surface area contributed by atoms with E-state index in [1.165, 1.54) is 103 Å². The van der Waals surface area contributed by atoms with E-state index in [1.54, 1.807) is 0 Å². The normalized spacial score (nSPS) is 11.6. The zero-order valence-corrected chi connectivity index (χ0v) is 43.9. The molecule has 0 saturated heterocycles. The van der Waals surface area contributed by atoms with E-state index in [9.17, 15) is 24.0 Å². The van der Waals surface area contributed by atoms with Gasteiger partial charge in [0.15, 0.2) is 0 Å². The molecule has 12 heteroatoms. The molecule has 0 fully saturated rings. The molecule has 0 heterocycles. The molecule has 0 atom stereocenters. The fourth-order valence-electron chi connectivity index (χ4n) is 8.06.